The maximum Gasteiger partial charge on any atom is 0.573 e. The summed E-state index contributed by atoms with van der Waals surface area (Å²) in [7, 11) is 0. The molecule has 0 atom stereocenters. The maximum absolute atomic E-state index is 14.7. The Bertz CT molecular complexity index is 914. The van der Waals surface area contributed by atoms with Crippen LogP contribution >= 0.6 is 0 Å². The lowest BCUT2D eigenvalue weighted by Crippen LogP contribution is -2.37. The molecule has 0 saturated heterocycles. The van der Waals surface area contributed by atoms with Crippen molar-refractivity contribution in [2.45, 2.75) is 96.4 Å². The molecule has 0 unspecified atom stereocenters. The number of hydrogen-bond acceptors (Lipinski definition) is 2. The van der Waals surface area contributed by atoms with E-state index in [0.717, 1.165) is 17.8 Å². The van der Waals surface area contributed by atoms with Gasteiger partial charge < -0.3 is 9.47 Å². The van der Waals surface area contributed by atoms with Gasteiger partial charge in [0.05, 0.1) is 5.92 Å². The summed E-state index contributed by atoms with van der Waals surface area (Å²) in [5, 5.41) is 0. The van der Waals surface area contributed by atoms with E-state index in [4.69, 9.17) is 0 Å². The zero-order valence-corrected chi connectivity index (χ0v) is 21.7. The Labute approximate surface area is 220 Å². The van der Waals surface area contributed by atoms with E-state index in [1.807, 2.05) is 0 Å². The fourth-order valence-corrected chi connectivity index (χ4v) is 6.58. The Kier molecular flexibility index (Phi) is 9.23. The van der Waals surface area contributed by atoms with Gasteiger partial charge in [0.15, 0.2) is 11.6 Å². The van der Waals surface area contributed by atoms with Gasteiger partial charge in [-0.3, -0.25) is 0 Å². The summed E-state index contributed by atoms with van der Waals surface area (Å²) in [6.07, 6.45) is 7.23. The van der Waals surface area contributed by atoms with Crippen molar-refractivity contribution in [1.29, 1.82) is 0 Å². The molecule has 0 radical (unpaired) electrons. The van der Waals surface area contributed by atoms with Crippen LogP contribution in [0.25, 0.3) is 0 Å². The van der Waals surface area contributed by atoms with Gasteiger partial charge in [0.2, 0.25) is 5.75 Å². The summed E-state index contributed by atoms with van der Waals surface area (Å²) in [6.45, 7) is 2.35. The summed E-state index contributed by atoms with van der Waals surface area (Å²) in [4.78, 5) is 0. The standard InChI is InChI=1S/C29H37F7O2/c1-18-2-10-21(11-3-18)22-12-6-19(7-13-22)4-5-20-8-14-23(15-9-20)28(32,33)37-24-16-25(30)27(26(31)17-24)38-29(34,35)36/h4-5,16-23H,2-3,6-15H2,1H3/b5-4+. The van der Waals surface area contributed by atoms with Gasteiger partial charge in [-0.2, -0.15) is 8.78 Å². The van der Waals surface area contributed by atoms with Gasteiger partial charge in [-0.1, -0.05) is 31.9 Å². The Morgan fingerprint density at radius 3 is 1.58 bits per heavy atom. The first kappa shape index (κ1) is 29.1. The molecule has 214 valence electrons. The minimum absolute atomic E-state index is 0.176. The lowest BCUT2D eigenvalue weighted by atomic mass is 9.69. The Balaban J connectivity index is 1.23. The molecule has 3 saturated carbocycles. The van der Waals surface area contributed by atoms with Gasteiger partial charge in [0.1, 0.15) is 5.75 Å². The Morgan fingerprint density at radius 2 is 1.11 bits per heavy atom. The third-order valence-electron chi connectivity index (χ3n) is 8.89. The third-order valence-corrected chi connectivity index (χ3v) is 8.89. The van der Waals surface area contributed by atoms with E-state index in [0.29, 0.717) is 18.8 Å². The molecular weight excluding hydrogens is 513 g/mol. The van der Waals surface area contributed by atoms with Crippen LogP contribution in [0, 0.1) is 47.1 Å². The van der Waals surface area contributed by atoms with E-state index in [-0.39, 0.29) is 30.9 Å². The van der Waals surface area contributed by atoms with E-state index in [1.54, 1.807) is 0 Å². The predicted octanol–water partition coefficient (Wildman–Crippen LogP) is 9.83. The normalized spacial score (nSPS) is 31.4. The topological polar surface area (TPSA) is 18.5 Å². The minimum atomic E-state index is -5.33. The first-order valence-electron chi connectivity index (χ1n) is 13.9. The van der Waals surface area contributed by atoms with Crippen molar-refractivity contribution in [2.75, 3.05) is 0 Å². The summed E-state index contributed by atoms with van der Waals surface area (Å²) in [5.74, 6) is -3.95. The SMILES string of the molecule is CC1CCC(C2CCC(/C=C/C3CCC(C(F)(F)Oc4cc(F)c(OC(F)(F)F)c(F)c4)CC3)CC2)CC1. The molecule has 2 nitrogen and oxygen atoms in total. The van der Waals surface area contributed by atoms with Gasteiger partial charge >= 0.3 is 12.5 Å². The van der Waals surface area contributed by atoms with Crippen LogP contribution in [0.4, 0.5) is 30.7 Å². The predicted molar refractivity (Wildman–Crippen MR) is 130 cm³/mol. The van der Waals surface area contributed by atoms with Crippen LogP contribution in [0.5, 0.6) is 11.5 Å². The number of rotatable bonds is 7. The highest BCUT2D eigenvalue weighted by atomic mass is 19.4. The molecule has 4 rings (SSSR count). The molecule has 1 aromatic rings. The van der Waals surface area contributed by atoms with Crippen LogP contribution in [0.1, 0.15) is 84.0 Å². The van der Waals surface area contributed by atoms with Gasteiger partial charge in [-0.05, 0) is 93.8 Å². The molecule has 0 heterocycles. The van der Waals surface area contributed by atoms with E-state index in [9.17, 15) is 30.7 Å². The Morgan fingerprint density at radius 1 is 0.658 bits per heavy atom. The largest absolute Gasteiger partial charge is 0.573 e. The molecule has 3 fully saturated rings. The first-order chi connectivity index (χ1) is 17.9. The second-order valence-electron chi connectivity index (χ2n) is 11.6. The van der Waals surface area contributed by atoms with Crippen molar-refractivity contribution in [1.82, 2.24) is 0 Å². The summed E-state index contributed by atoms with van der Waals surface area (Å²) < 4.78 is 102. The van der Waals surface area contributed by atoms with Crippen molar-refractivity contribution in [3.8, 4) is 11.5 Å². The van der Waals surface area contributed by atoms with Crippen LogP contribution < -0.4 is 9.47 Å². The second kappa shape index (κ2) is 12.1. The van der Waals surface area contributed by atoms with Gasteiger partial charge in [-0.25, -0.2) is 8.78 Å². The molecule has 0 aromatic heterocycles. The van der Waals surface area contributed by atoms with Crippen molar-refractivity contribution < 1.29 is 40.2 Å². The molecule has 1 aromatic carbocycles. The highest BCUT2D eigenvalue weighted by Gasteiger charge is 2.44. The number of allylic oxidation sites excluding steroid dienone is 2. The number of benzene rings is 1. The van der Waals surface area contributed by atoms with Gasteiger partial charge in [-0.15, -0.1) is 13.2 Å². The summed E-state index contributed by atoms with van der Waals surface area (Å²) >= 11 is 0. The lowest BCUT2D eigenvalue weighted by molar-refractivity contribution is -0.276. The molecular formula is C29H37F7O2. The zero-order valence-electron chi connectivity index (χ0n) is 21.7. The van der Waals surface area contributed by atoms with E-state index in [1.165, 1.54) is 51.4 Å². The molecule has 0 amide bonds. The van der Waals surface area contributed by atoms with Crippen LogP contribution in [0.15, 0.2) is 24.3 Å². The highest BCUT2D eigenvalue weighted by Crippen LogP contribution is 2.44. The fourth-order valence-electron chi connectivity index (χ4n) is 6.58. The van der Waals surface area contributed by atoms with Gasteiger partial charge in [0, 0.05) is 12.1 Å². The second-order valence-corrected chi connectivity index (χ2v) is 11.6. The third kappa shape index (κ3) is 7.81. The van der Waals surface area contributed by atoms with Crippen molar-refractivity contribution in [2.24, 2.45) is 35.5 Å². The van der Waals surface area contributed by atoms with Crippen LogP contribution in [0.2, 0.25) is 0 Å². The highest BCUT2D eigenvalue weighted by molar-refractivity contribution is 5.35. The quantitative estimate of drug-likeness (QED) is 0.249. The fraction of sp³-hybridized carbons (Fsp3) is 0.724. The molecule has 9 heteroatoms. The maximum atomic E-state index is 14.7. The summed E-state index contributed by atoms with van der Waals surface area (Å²) in [6, 6.07) is 0.548. The van der Waals surface area contributed by atoms with Gasteiger partial charge in [0.25, 0.3) is 0 Å². The number of ether oxygens (including phenoxy) is 2. The molecule has 0 N–H and O–H groups in total. The first-order valence-corrected chi connectivity index (χ1v) is 13.9. The van der Waals surface area contributed by atoms with Crippen LogP contribution in [-0.4, -0.2) is 12.5 Å². The average Bonchev–Trinajstić information content (AvgIpc) is 2.85. The zero-order chi connectivity index (χ0) is 27.5. The lowest BCUT2D eigenvalue weighted by Gasteiger charge is -2.37. The minimum Gasteiger partial charge on any atom is -0.432 e. The van der Waals surface area contributed by atoms with Crippen molar-refractivity contribution in [3.05, 3.63) is 35.9 Å². The summed E-state index contributed by atoms with van der Waals surface area (Å²) in [5.41, 5.74) is 0. The van der Waals surface area contributed by atoms with E-state index in [2.05, 4.69) is 28.5 Å². The molecule has 38 heavy (non-hydrogen) atoms. The monoisotopic (exact) mass is 550 g/mol. The molecule has 0 bridgehead atoms. The van der Waals surface area contributed by atoms with E-state index >= 15 is 0 Å². The number of alkyl halides is 5. The molecule has 3 aliphatic rings. The number of halogens is 7. The van der Waals surface area contributed by atoms with Crippen LogP contribution in [0.3, 0.4) is 0 Å². The van der Waals surface area contributed by atoms with Crippen LogP contribution in [-0.2, 0) is 0 Å². The van der Waals surface area contributed by atoms with E-state index < -0.39 is 41.5 Å². The smallest absolute Gasteiger partial charge is 0.432 e. The molecule has 0 spiro atoms. The molecule has 3 aliphatic carbocycles. The number of hydrogen-bond donors (Lipinski definition) is 0. The Hall–Kier alpha value is -1.93. The van der Waals surface area contributed by atoms with Crippen molar-refractivity contribution in [3.63, 3.8) is 0 Å². The molecule has 0 aliphatic heterocycles. The van der Waals surface area contributed by atoms with Crippen molar-refractivity contribution >= 4 is 0 Å². The average molecular weight is 551 g/mol.